The summed E-state index contributed by atoms with van der Waals surface area (Å²) in [6.45, 7) is 1.84. The third-order valence-corrected chi connectivity index (χ3v) is 5.92. The number of carboxylic acids is 1. The van der Waals surface area contributed by atoms with E-state index in [4.69, 9.17) is 11.6 Å². The highest BCUT2D eigenvalue weighted by Crippen LogP contribution is 2.27. The molecule has 0 bridgehead atoms. The third-order valence-electron chi connectivity index (χ3n) is 4.21. The van der Waals surface area contributed by atoms with Gasteiger partial charge < -0.3 is 5.11 Å². The van der Waals surface area contributed by atoms with E-state index in [-0.39, 0.29) is 32.3 Å². The molecule has 8 heteroatoms. The van der Waals surface area contributed by atoms with Crippen LogP contribution < -0.4 is 4.72 Å². The van der Waals surface area contributed by atoms with Crippen molar-refractivity contribution in [2.24, 2.45) is 0 Å². The van der Waals surface area contributed by atoms with E-state index in [0.29, 0.717) is 0 Å². The van der Waals surface area contributed by atoms with Gasteiger partial charge in [0.2, 0.25) is 0 Å². The first-order valence-corrected chi connectivity index (χ1v) is 10.3. The van der Waals surface area contributed by atoms with E-state index in [1.54, 1.807) is 18.2 Å². The lowest BCUT2D eigenvalue weighted by Gasteiger charge is -2.12. The molecule has 0 aliphatic carbocycles. The molecule has 0 atom stereocenters. The van der Waals surface area contributed by atoms with Gasteiger partial charge in [-0.2, -0.15) is 0 Å². The van der Waals surface area contributed by atoms with Gasteiger partial charge in [-0.15, -0.1) is 0 Å². The van der Waals surface area contributed by atoms with Crippen molar-refractivity contribution in [2.45, 2.75) is 11.8 Å². The van der Waals surface area contributed by atoms with Gasteiger partial charge in [0.1, 0.15) is 0 Å². The Bertz CT molecular complexity index is 1200. The van der Waals surface area contributed by atoms with Gasteiger partial charge in [-0.3, -0.25) is 9.52 Å². The van der Waals surface area contributed by atoms with Crippen LogP contribution in [0, 0.1) is 6.92 Å². The Labute approximate surface area is 172 Å². The van der Waals surface area contributed by atoms with E-state index in [2.05, 4.69) is 4.72 Å². The van der Waals surface area contributed by atoms with Gasteiger partial charge in [-0.25, -0.2) is 13.2 Å². The minimum atomic E-state index is -3.92. The number of carbonyl (C=O) groups excluding carboxylic acids is 1. The van der Waals surface area contributed by atoms with Crippen LogP contribution in [0.1, 0.15) is 31.8 Å². The highest BCUT2D eigenvalue weighted by atomic mass is 35.5. The lowest BCUT2D eigenvalue weighted by molar-refractivity contribution is 0.0692. The van der Waals surface area contributed by atoms with Crippen LogP contribution in [0.2, 0.25) is 5.02 Å². The minimum Gasteiger partial charge on any atom is -0.478 e. The number of ketones is 1. The maximum absolute atomic E-state index is 12.8. The second-order valence-electron chi connectivity index (χ2n) is 6.29. The summed E-state index contributed by atoms with van der Waals surface area (Å²) in [5.74, 6) is -1.79. The van der Waals surface area contributed by atoms with Crippen LogP contribution in [0.15, 0.2) is 71.6 Å². The molecule has 3 aromatic rings. The molecule has 0 spiro atoms. The van der Waals surface area contributed by atoms with Crippen LogP contribution in [0.5, 0.6) is 0 Å². The zero-order chi connectivity index (χ0) is 21.2. The van der Waals surface area contributed by atoms with Crippen LogP contribution in [0.4, 0.5) is 5.69 Å². The molecule has 0 fully saturated rings. The van der Waals surface area contributed by atoms with E-state index >= 15 is 0 Å². The smallest absolute Gasteiger partial charge is 0.336 e. The Morgan fingerprint density at radius 2 is 1.55 bits per heavy atom. The summed E-state index contributed by atoms with van der Waals surface area (Å²) in [4.78, 5) is 24.3. The number of anilines is 1. The highest BCUT2D eigenvalue weighted by Gasteiger charge is 2.20. The summed E-state index contributed by atoms with van der Waals surface area (Å²) < 4.78 is 27.6. The van der Waals surface area contributed by atoms with Crippen molar-refractivity contribution in [3.05, 3.63) is 94.0 Å². The molecule has 0 saturated carbocycles. The van der Waals surface area contributed by atoms with Gasteiger partial charge in [0.15, 0.2) is 5.78 Å². The molecule has 0 unspecified atom stereocenters. The molecule has 148 valence electrons. The predicted molar refractivity (Wildman–Crippen MR) is 110 cm³/mol. The van der Waals surface area contributed by atoms with Crippen molar-refractivity contribution in [3.63, 3.8) is 0 Å². The fourth-order valence-electron chi connectivity index (χ4n) is 2.69. The van der Waals surface area contributed by atoms with E-state index in [1.807, 2.05) is 6.92 Å². The standard InChI is InChI=1S/C21H16ClNO5S/c1-13-6-9-15(10-7-13)29(27,28)23-19-12-14(8-11-18(19)22)20(24)16-4-2-3-5-17(16)21(25)26/h2-12,23H,1H3,(H,25,26). The number of nitrogens with one attached hydrogen (secondary N) is 1. The Kier molecular flexibility index (Phi) is 5.72. The lowest BCUT2D eigenvalue weighted by atomic mass is 9.98. The Morgan fingerprint density at radius 1 is 0.931 bits per heavy atom. The van der Waals surface area contributed by atoms with Crippen molar-refractivity contribution < 1.29 is 23.1 Å². The monoisotopic (exact) mass is 429 g/mol. The summed E-state index contributed by atoms with van der Waals surface area (Å²) in [5, 5.41) is 9.39. The van der Waals surface area contributed by atoms with E-state index in [0.717, 1.165) is 5.56 Å². The normalized spacial score (nSPS) is 11.1. The largest absolute Gasteiger partial charge is 0.478 e. The van der Waals surface area contributed by atoms with Gasteiger partial charge in [0.25, 0.3) is 10.0 Å². The molecule has 2 N–H and O–H groups in total. The summed E-state index contributed by atoms with van der Waals surface area (Å²) in [7, 11) is -3.92. The zero-order valence-electron chi connectivity index (χ0n) is 15.2. The number of hydrogen-bond acceptors (Lipinski definition) is 4. The third kappa shape index (κ3) is 4.47. The predicted octanol–water partition coefficient (Wildman–Crippen LogP) is 4.38. The molecule has 0 heterocycles. The summed E-state index contributed by atoms with van der Waals surface area (Å²) in [6.07, 6.45) is 0. The first kappa shape index (κ1) is 20.6. The molecular formula is C21H16ClNO5S. The molecule has 0 radical (unpaired) electrons. The molecule has 0 amide bonds. The number of aryl methyl sites for hydroxylation is 1. The molecule has 3 rings (SSSR count). The van der Waals surface area contributed by atoms with Crippen LogP contribution >= 0.6 is 11.6 Å². The van der Waals surface area contributed by atoms with Gasteiger partial charge in [0.05, 0.1) is 21.2 Å². The Hall–Kier alpha value is -3.16. The number of hydrogen-bond donors (Lipinski definition) is 2. The minimum absolute atomic E-state index is 0.00494. The van der Waals surface area contributed by atoms with Crippen LogP contribution in [0.25, 0.3) is 0 Å². The molecule has 0 aliphatic rings. The van der Waals surface area contributed by atoms with Crippen LogP contribution in [-0.4, -0.2) is 25.3 Å². The number of benzene rings is 3. The molecule has 6 nitrogen and oxygen atoms in total. The molecule has 29 heavy (non-hydrogen) atoms. The zero-order valence-corrected chi connectivity index (χ0v) is 16.8. The lowest BCUT2D eigenvalue weighted by Crippen LogP contribution is -2.14. The maximum Gasteiger partial charge on any atom is 0.336 e. The average Bonchev–Trinajstić information content (AvgIpc) is 2.69. The Balaban J connectivity index is 1.98. The maximum atomic E-state index is 12.8. The van der Waals surface area contributed by atoms with Crippen LogP contribution in [0.3, 0.4) is 0 Å². The fraction of sp³-hybridized carbons (Fsp3) is 0.0476. The second-order valence-corrected chi connectivity index (χ2v) is 8.38. The molecular weight excluding hydrogens is 414 g/mol. The van der Waals surface area contributed by atoms with Crippen molar-refractivity contribution in [3.8, 4) is 0 Å². The van der Waals surface area contributed by atoms with Crippen molar-refractivity contribution in [1.82, 2.24) is 0 Å². The second kappa shape index (κ2) is 8.06. The van der Waals surface area contributed by atoms with E-state index in [1.165, 1.54) is 48.5 Å². The average molecular weight is 430 g/mol. The van der Waals surface area contributed by atoms with E-state index in [9.17, 15) is 23.1 Å². The van der Waals surface area contributed by atoms with Crippen molar-refractivity contribution in [2.75, 3.05) is 4.72 Å². The quantitative estimate of drug-likeness (QED) is 0.566. The van der Waals surface area contributed by atoms with Gasteiger partial charge in [-0.05, 0) is 43.3 Å². The number of halogens is 1. The van der Waals surface area contributed by atoms with Crippen molar-refractivity contribution >= 4 is 39.1 Å². The summed E-state index contributed by atoms with van der Waals surface area (Å²) in [5.41, 5.74) is 0.881. The van der Waals surface area contributed by atoms with Gasteiger partial charge >= 0.3 is 5.97 Å². The number of aromatic carboxylic acids is 1. The summed E-state index contributed by atoms with van der Waals surface area (Å²) in [6, 6.07) is 16.1. The number of carboxylic acid groups (broad SMARTS) is 1. The Morgan fingerprint density at radius 3 is 2.17 bits per heavy atom. The highest BCUT2D eigenvalue weighted by molar-refractivity contribution is 7.92. The summed E-state index contributed by atoms with van der Waals surface area (Å²) >= 11 is 6.12. The topological polar surface area (TPSA) is 101 Å². The van der Waals surface area contributed by atoms with Crippen LogP contribution in [-0.2, 0) is 10.0 Å². The number of carbonyl (C=O) groups is 2. The molecule has 0 aromatic heterocycles. The number of rotatable bonds is 6. The van der Waals surface area contributed by atoms with E-state index < -0.39 is 21.8 Å². The first-order chi connectivity index (χ1) is 13.7. The number of sulfonamides is 1. The molecule has 0 aliphatic heterocycles. The first-order valence-electron chi connectivity index (χ1n) is 8.45. The van der Waals surface area contributed by atoms with Crippen molar-refractivity contribution in [1.29, 1.82) is 0 Å². The molecule has 3 aromatic carbocycles. The van der Waals surface area contributed by atoms with Gasteiger partial charge in [-0.1, -0.05) is 47.5 Å². The van der Waals surface area contributed by atoms with Gasteiger partial charge in [0, 0.05) is 11.1 Å². The fourth-order valence-corrected chi connectivity index (χ4v) is 3.98. The SMILES string of the molecule is Cc1ccc(S(=O)(=O)Nc2cc(C(=O)c3ccccc3C(=O)O)ccc2Cl)cc1. The molecule has 0 saturated heterocycles.